The van der Waals surface area contributed by atoms with Crippen LogP contribution in [0.2, 0.25) is 0 Å². The number of hydrogen-bond donors (Lipinski definition) is 0. The molecular weight excluding hydrogens is 250 g/mol. The highest BCUT2D eigenvalue weighted by molar-refractivity contribution is 5.84. The predicted molar refractivity (Wildman–Crippen MR) is 81.9 cm³/mol. The molecule has 0 saturated carbocycles. The number of carbonyl (C=O) groups excluding carboxylic acids is 1. The Bertz CT molecular complexity index is 600. The lowest BCUT2D eigenvalue weighted by molar-refractivity contribution is -0.151. The average molecular weight is 273 g/mol. The van der Waals surface area contributed by atoms with Crippen LogP contribution in [0.1, 0.15) is 45.7 Å². The number of aryl methyl sites for hydroxylation is 1. The third-order valence-electron chi connectivity index (χ3n) is 3.84. The summed E-state index contributed by atoms with van der Waals surface area (Å²) in [5.41, 5.74) is 2.39. The fourth-order valence-electron chi connectivity index (χ4n) is 2.26. The normalized spacial score (nSPS) is 14.2. The summed E-state index contributed by atoms with van der Waals surface area (Å²) in [5, 5.41) is 1.17. The molecule has 1 aromatic heterocycles. The maximum Gasteiger partial charge on any atom is 0.329 e. The molecule has 2 atom stereocenters. The second-order valence-corrected chi connectivity index (χ2v) is 5.30. The highest BCUT2D eigenvalue weighted by Gasteiger charge is 2.19. The molecule has 0 spiro atoms. The third-order valence-corrected chi connectivity index (χ3v) is 3.84. The number of ether oxygens (including phenoxy) is 1. The highest BCUT2D eigenvalue weighted by atomic mass is 16.5. The smallest absolute Gasteiger partial charge is 0.329 e. The number of benzene rings is 1. The van der Waals surface area contributed by atoms with Gasteiger partial charge in [0.15, 0.2) is 0 Å². The lowest BCUT2D eigenvalue weighted by Crippen LogP contribution is -2.22. The number of carbonyl (C=O) groups is 1. The van der Waals surface area contributed by atoms with E-state index >= 15 is 0 Å². The Kier molecular flexibility index (Phi) is 4.48. The van der Waals surface area contributed by atoms with Gasteiger partial charge >= 0.3 is 5.97 Å². The maximum atomic E-state index is 12.1. The van der Waals surface area contributed by atoms with Crippen molar-refractivity contribution in [1.82, 2.24) is 4.57 Å². The van der Waals surface area contributed by atoms with Gasteiger partial charge in [0.05, 0.1) is 6.10 Å². The molecule has 1 heterocycles. The molecule has 108 valence electrons. The Labute approximate surface area is 120 Å². The SMILES string of the molecule is CCc1ccc2c(ccn2C(C)C(=O)OC(C)CC)c1. The number of hydrogen-bond acceptors (Lipinski definition) is 2. The molecule has 2 unspecified atom stereocenters. The van der Waals surface area contributed by atoms with Crippen molar-refractivity contribution in [3.05, 3.63) is 36.0 Å². The first-order valence-electron chi connectivity index (χ1n) is 7.36. The number of esters is 1. The minimum atomic E-state index is -0.297. The van der Waals surface area contributed by atoms with E-state index in [1.807, 2.05) is 31.5 Å². The largest absolute Gasteiger partial charge is 0.461 e. The maximum absolute atomic E-state index is 12.1. The summed E-state index contributed by atoms with van der Waals surface area (Å²) >= 11 is 0. The molecule has 0 radical (unpaired) electrons. The molecule has 20 heavy (non-hydrogen) atoms. The quantitative estimate of drug-likeness (QED) is 0.768. The Morgan fingerprint density at radius 1 is 1.25 bits per heavy atom. The zero-order chi connectivity index (χ0) is 14.7. The number of rotatable bonds is 5. The standard InChI is InChI=1S/C17H23NO2/c1-5-12(3)20-17(19)13(4)18-10-9-15-11-14(6-2)7-8-16(15)18/h7-13H,5-6H2,1-4H3. The van der Waals surface area contributed by atoms with Crippen molar-refractivity contribution in [2.75, 3.05) is 0 Å². The predicted octanol–water partition coefficient (Wildman–Crippen LogP) is 4.11. The summed E-state index contributed by atoms with van der Waals surface area (Å²) in [6.45, 7) is 7.97. The fraction of sp³-hybridized carbons (Fsp3) is 0.471. The number of aromatic nitrogens is 1. The van der Waals surface area contributed by atoms with Crippen LogP contribution in [0.15, 0.2) is 30.5 Å². The average Bonchev–Trinajstić information content (AvgIpc) is 2.88. The Morgan fingerprint density at radius 3 is 2.65 bits per heavy atom. The van der Waals surface area contributed by atoms with E-state index in [1.54, 1.807) is 0 Å². The van der Waals surface area contributed by atoms with E-state index in [0.29, 0.717) is 0 Å². The molecular formula is C17H23NO2. The van der Waals surface area contributed by atoms with Crippen molar-refractivity contribution < 1.29 is 9.53 Å². The molecule has 0 aliphatic rings. The molecule has 0 bridgehead atoms. The molecule has 1 aromatic carbocycles. The lowest BCUT2D eigenvalue weighted by atomic mass is 10.1. The molecule has 0 amide bonds. The van der Waals surface area contributed by atoms with E-state index in [9.17, 15) is 4.79 Å². The van der Waals surface area contributed by atoms with Crippen LogP contribution >= 0.6 is 0 Å². The Hall–Kier alpha value is -1.77. The van der Waals surface area contributed by atoms with Crippen LogP contribution in [0, 0.1) is 0 Å². The van der Waals surface area contributed by atoms with Gasteiger partial charge in [0.2, 0.25) is 0 Å². The molecule has 0 fully saturated rings. The zero-order valence-corrected chi connectivity index (χ0v) is 12.7. The van der Waals surface area contributed by atoms with E-state index in [-0.39, 0.29) is 18.1 Å². The minimum Gasteiger partial charge on any atom is -0.461 e. The molecule has 3 nitrogen and oxygen atoms in total. The van der Waals surface area contributed by atoms with Crippen LogP contribution in [-0.4, -0.2) is 16.6 Å². The van der Waals surface area contributed by atoms with Crippen molar-refractivity contribution in [3.8, 4) is 0 Å². The van der Waals surface area contributed by atoms with Crippen molar-refractivity contribution in [2.24, 2.45) is 0 Å². The molecule has 0 saturated heterocycles. The van der Waals surface area contributed by atoms with Crippen molar-refractivity contribution in [3.63, 3.8) is 0 Å². The Morgan fingerprint density at radius 2 is 2.00 bits per heavy atom. The van der Waals surface area contributed by atoms with Crippen molar-refractivity contribution in [2.45, 2.75) is 52.7 Å². The first-order valence-corrected chi connectivity index (χ1v) is 7.36. The summed E-state index contributed by atoms with van der Waals surface area (Å²) in [7, 11) is 0. The molecule has 2 aromatic rings. The van der Waals surface area contributed by atoms with Crippen LogP contribution in [0.3, 0.4) is 0 Å². The summed E-state index contributed by atoms with van der Waals surface area (Å²) in [4.78, 5) is 12.1. The van der Waals surface area contributed by atoms with Gasteiger partial charge in [-0.05, 0) is 55.8 Å². The monoisotopic (exact) mass is 273 g/mol. The molecule has 3 heteroatoms. The van der Waals surface area contributed by atoms with E-state index in [4.69, 9.17) is 4.74 Å². The highest BCUT2D eigenvalue weighted by Crippen LogP contribution is 2.23. The van der Waals surface area contributed by atoms with Gasteiger partial charge in [-0.1, -0.05) is 19.9 Å². The molecule has 0 aliphatic heterocycles. The molecule has 2 rings (SSSR count). The van der Waals surface area contributed by atoms with Gasteiger partial charge in [0.25, 0.3) is 0 Å². The first-order chi connectivity index (χ1) is 9.56. The van der Waals surface area contributed by atoms with Crippen molar-refractivity contribution in [1.29, 1.82) is 0 Å². The van der Waals surface area contributed by atoms with E-state index in [1.165, 1.54) is 10.9 Å². The lowest BCUT2D eigenvalue weighted by Gasteiger charge is -2.17. The van der Waals surface area contributed by atoms with Gasteiger partial charge in [-0.2, -0.15) is 0 Å². The summed E-state index contributed by atoms with van der Waals surface area (Å²) in [6, 6.07) is 8.14. The minimum absolute atomic E-state index is 0.0292. The van der Waals surface area contributed by atoms with Gasteiger partial charge in [-0.15, -0.1) is 0 Å². The van der Waals surface area contributed by atoms with Gasteiger partial charge in [0.1, 0.15) is 6.04 Å². The van der Waals surface area contributed by atoms with Crippen LogP contribution in [0.25, 0.3) is 10.9 Å². The van der Waals surface area contributed by atoms with Crippen LogP contribution in [0.4, 0.5) is 0 Å². The van der Waals surface area contributed by atoms with E-state index in [0.717, 1.165) is 18.4 Å². The second-order valence-electron chi connectivity index (χ2n) is 5.30. The number of fused-ring (bicyclic) bond motifs is 1. The molecule has 0 N–H and O–H groups in total. The molecule has 0 aliphatic carbocycles. The topological polar surface area (TPSA) is 31.2 Å². The van der Waals surface area contributed by atoms with Crippen LogP contribution in [-0.2, 0) is 16.0 Å². The van der Waals surface area contributed by atoms with E-state index < -0.39 is 0 Å². The fourth-order valence-corrected chi connectivity index (χ4v) is 2.26. The second kappa shape index (κ2) is 6.12. The van der Waals surface area contributed by atoms with Crippen LogP contribution in [0.5, 0.6) is 0 Å². The van der Waals surface area contributed by atoms with E-state index in [2.05, 4.69) is 31.2 Å². The number of nitrogens with zero attached hydrogens (tertiary/aromatic N) is 1. The van der Waals surface area contributed by atoms with Gasteiger partial charge in [-0.3, -0.25) is 0 Å². The third kappa shape index (κ3) is 2.87. The van der Waals surface area contributed by atoms with Crippen LogP contribution < -0.4 is 0 Å². The summed E-state index contributed by atoms with van der Waals surface area (Å²) < 4.78 is 7.40. The summed E-state index contributed by atoms with van der Waals surface area (Å²) in [6.07, 6.45) is 3.79. The van der Waals surface area contributed by atoms with Gasteiger partial charge in [-0.25, -0.2) is 4.79 Å². The van der Waals surface area contributed by atoms with Gasteiger partial charge in [0, 0.05) is 11.7 Å². The van der Waals surface area contributed by atoms with Gasteiger partial charge < -0.3 is 9.30 Å². The first kappa shape index (κ1) is 14.6. The Balaban J connectivity index is 2.26. The summed E-state index contributed by atoms with van der Waals surface area (Å²) in [5.74, 6) is -0.170. The van der Waals surface area contributed by atoms with Crippen molar-refractivity contribution >= 4 is 16.9 Å². The zero-order valence-electron chi connectivity index (χ0n) is 12.7.